The minimum absolute atomic E-state index is 0.0290. The minimum atomic E-state index is -0.165. The Kier molecular flexibility index (Phi) is 4.37. The first-order valence-electron chi connectivity index (χ1n) is 6.47. The van der Waals surface area contributed by atoms with Crippen LogP contribution < -0.4 is 5.32 Å². The van der Waals surface area contributed by atoms with Gasteiger partial charge in [0.15, 0.2) is 0 Å². The first kappa shape index (κ1) is 14.9. The lowest BCUT2D eigenvalue weighted by Crippen LogP contribution is -2.55. The molecule has 1 aliphatic heterocycles. The number of carbonyl (C=O) groups is 2. The molecule has 0 radical (unpaired) electrons. The third-order valence-electron chi connectivity index (χ3n) is 3.27. The maximum Gasteiger partial charge on any atom is 0.273 e. The van der Waals surface area contributed by atoms with E-state index in [2.05, 4.69) is 31.2 Å². The highest BCUT2D eigenvalue weighted by Gasteiger charge is 2.36. The number of carbonyl (C=O) groups excluding carboxylic acids is 2. The summed E-state index contributed by atoms with van der Waals surface area (Å²) in [6.07, 6.45) is 1.60. The first-order chi connectivity index (χ1) is 9.43. The van der Waals surface area contributed by atoms with Crippen LogP contribution >= 0.6 is 15.9 Å². The zero-order valence-corrected chi connectivity index (χ0v) is 13.3. The minimum Gasteiger partial charge on any atom is -0.359 e. The lowest BCUT2D eigenvalue weighted by Gasteiger charge is -2.37. The Labute approximate surface area is 126 Å². The predicted octanol–water partition coefficient (Wildman–Crippen LogP) is 1.18. The first-order valence-corrected chi connectivity index (χ1v) is 7.26. The van der Waals surface area contributed by atoms with Crippen LogP contribution in [0.25, 0.3) is 0 Å². The molecular weight excluding hydrogens is 324 g/mol. The van der Waals surface area contributed by atoms with Gasteiger partial charge in [0.05, 0.1) is 10.4 Å². The van der Waals surface area contributed by atoms with E-state index in [1.54, 1.807) is 18.1 Å². The van der Waals surface area contributed by atoms with Gasteiger partial charge in [0.25, 0.3) is 5.91 Å². The highest BCUT2D eigenvalue weighted by molar-refractivity contribution is 9.10. The molecule has 0 aromatic carbocycles. The van der Waals surface area contributed by atoms with E-state index in [0.717, 1.165) is 0 Å². The molecule has 20 heavy (non-hydrogen) atoms. The summed E-state index contributed by atoms with van der Waals surface area (Å²) in [5.41, 5.74) is 0.360. The Bertz CT molecular complexity index is 541. The zero-order chi connectivity index (χ0) is 14.9. The van der Waals surface area contributed by atoms with Gasteiger partial charge in [-0.05, 0) is 15.9 Å². The monoisotopic (exact) mass is 340 g/mol. The molecule has 6 nitrogen and oxygen atoms in total. The summed E-state index contributed by atoms with van der Waals surface area (Å²) in [6, 6.07) is 0. The van der Waals surface area contributed by atoms with Crippen LogP contribution in [0.3, 0.4) is 0 Å². The summed E-state index contributed by atoms with van der Waals surface area (Å²) < 4.78 is 0.579. The number of amides is 2. The second-order valence-electron chi connectivity index (χ2n) is 5.10. The normalized spacial score (nSPS) is 15.2. The van der Waals surface area contributed by atoms with Crippen molar-refractivity contribution in [2.24, 2.45) is 5.92 Å². The van der Waals surface area contributed by atoms with Crippen molar-refractivity contribution in [1.82, 2.24) is 20.2 Å². The number of nitrogens with zero attached hydrogens (tertiary/aromatic N) is 3. The van der Waals surface area contributed by atoms with E-state index in [-0.39, 0.29) is 23.7 Å². The van der Waals surface area contributed by atoms with Crippen molar-refractivity contribution in [2.75, 3.05) is 20.1 Å². The maximum absolute atomic E-state index is 12.4. The molecule has 0 aliphatic carbocycles. The lowest BCUT2D eigenvalue weighted by molar-refractivity contribution is -0.128. The Hall–Kier alpha value is -1.50. The van der Waals surface area contributed by atoms with Crippen molar-refractivity contribution >= 4 is 27.7 Å². The number of rotatable bonds is 3. The molecule has 0 saturated carbocycles. The van der Waals surface area contributed by atoms with Gasteiger partial charge in [0.2, 0.25) is 5.91 Å². The average molecular weight is 341 g/mol. The van der Waals surface area contributed by atoms with Crippen molar-refractivity contribution in [2.45, 2.75) is 19.8 Å². The lowest BCUT2D eigenvalue weighted by atomic mass is 9.99. The third-order valence-corrected chi connectivity index (χ3v) is 3.85. The molecule has 2 rings (SSSR count). The number of aromatic nitrogens is 2. The topological polar surface area (TPSA) is 75.2 Å². The van der Waals surface area contributed by atoms with Crippen molar-refractivity contribution < 1.29 is 9.59 Å². The standard InChI is InChI=1S/C13H17BrN4O2/c1-7(2)11-16-4-9(14)10(17-11)13(20)18-5-8(6-18)12(19)15-3/h4,7-8H,5-6H2,1-3H3,(H,15,19). The van der Waals surface area contributed by atoms with Crippen LogP contribution in [0.5, 0.6) is 0 Å². The van der Waals surface area contributed by atoms with Crippen molar-refractivity contribution in [3.8, 4) is 0 Å². The Morgan fingerprint density at radius 1 is 1.45 bits per heavy atom. The molecule has 1 aromatic heterocycles. The van der Waals surface area contributed by atoms with E-state index in [1.807, 2.05) is 13.8 Å². The molecule has 1 N–H and O–H groups in total. The smallest absolute Gasteiger partial charge is 0.273 e. The summed E-state index contributed by atoms with van der Waals surface area (Å²) in [7, 11) is 1.60. The molecule has 0 atom stereocenters. The summed E-state index contributed by atoms with van der Waals surface area (Å²) in [5.74, 6) is 0.485. The van der Waals surface area contributed by atoms with E-state index in [9.17, 15) is 9.59 Å². The number of likely N-dealkylation sites (tertiary alicyclic amines) is 1. The van der Waals surface area contributed by atoms with Crippen LogP contribution in [-0.2, 0) is 4.79 Å². The third kappa shape index (κ3) is 2.82. The molecule has 0 spiro atoms. The Balaban J connectivity index is 2.11. The quantitative estimate of drug-likeness (QED) is 0.896. The fourth-order valence-corrected chi connectivity index (χ4v) is 2.33. The van der Waals surface area contributed by atoms with Gasteiger partial charge in [0, 0.05) is 32.3 Å². The summed E-state index contributed by atoms with van der Waals surface area (Å²) in [6.45, 7) is 4.82. The molecule has 0 unspecified atom stereocenters. The number of halogens is 1. The van der Waals surface area contributed by atoms with E-state index in [1.165, 1.54) is 0 Å². The van der Waals surface area contributed by atoms with E-state index in [4.69, 9.17) is 0 Å². The Morgan fingerprint density at radius 2 is 2.10 bits per heavy atom. The Morgan fingerprint density at radius 3 is 2.65 bits per heavy atom. The van der Waals surface area contributed by atoms with E-state index >= 15 is 0 Å². The van der Waals surface area contributed by atoms with Crippen LogP contribution in [0.15, 0.2) is 10.7 Å². The molecule has 0 bridgehead atoms. The van der Waals surface area contributed by atoms with Crippen molar-refractivity contribution in [3.05, 3.63) is 22.2 Å². The fourth-order valence-electron chi connectivity index (χ4n) is 1.97. The largest absolute Gasteiger partial charge is 0.359 e. The highest BCUT2D eigenvalue weighted by Crippen LogP contribution is 2.23. The van der Waals surface area contributed by atoms with Crippen LogP contribution in [0, 0.1) is 5.92 Å². The van der Waals surface area contributed by atoms with Crippen molar-refractivity contribution in [1.29, 1.82) is 0 Å². The molecule has 1 fully saturated rings. The maximum atomic E-state index is 12.4. The molecule has 108 valence electrons. The van der Waals surface area contributed by atoms with Gasteiger partial charge < -0.3 is 10.2 Å². The van der Waals surface area contributed by atoms with Crippen molar-refractivity contribution in [3.63, 3.8) is 0 Å². The van der Waals surface area contributed by atoms with Gasteiger partial charge in [-0.2, -0.15) is 0 Å². The number of hydrogen-bond acceptors (Lipinski definition) is 4. The molecule has 2 heterocycles. The number of hydrogen-bond donors (Lipinski definition) is 1. The molecule has 1 aromatic rings. The van der Waals surface area contributed by atoms with Gasteiger partial charge >= 0.3 is 0 Å². The van der Waals surface area contributed by atoms with Crippen LogP contribution in [0.4, 0.5) is 0 Å². The predicted molar refractivity (Wildman–Crippen MR) is 77.3 cm³/mol. The van der Waals surface area contributed by atoms with Gasteiger partial charge in [0.1, 0.15) is 11.5 Å². The second-order valence-corrected chi connectivity index (χ2v) is 5.96. The highest BCUT2D eigenvalue weighted by atomic mass is 79.9. The molecule has 2 amide bonds. The molecule has 1 aliphatic rings. The van der Waals surface area contributed by atoms with Crippen LogP contribution in [0.2, 0.25) is 0 Å². The van der Waals surface area contributed by atoms with Crippen LogP contribution in [-0.4, -0.2) is 46.8 Å². The van der Waals surface area contributed by atoms with E-state index in [0.29, 0.717) is 29.1 Å². The number of nitrogens with one attached hydrogen (secondary N) is 1. The average Bonchev–Trinajstić information content (AvgIpc) is 2.36. The molecule has 1 saturated heterocycles. The van der Waals surface area contributed by atoms with Gasteiger partial charge in [-0.25, -0.2) is 9.97 Å². The second kappa shape index (κ2) is 5.87. The van der Waals surface area contributed by atoms with Crippen LogP contribution in [0.1, 0.15) is 36.1 Å². The molecular formula is C13H17BrN4O2. The summed E-state index contributed by atoms with van der Waals surface area (Å²) in [5, 5.41) is 2.59. The summed E-state index contributed by atoms with van der Waals surface area (Å²) >= 11 is 3.31. The zero-order valence-electron chi connectivity index (χ0n) is 11.7. The summed E-state index contributed by atoms with van der Waals surface area (Å²) in [4.78, 5) is 33.9. The van der Waals surface area contributed by atoms with E-state index < -0.39 is 0 Å². The van der Waals surface area contributed by atoms with Gasteiger partial charge in [-0.3, -0.25) is 9.59 Å². The molecule has 7 heteroatoms. The van der Waals surface area contributed by atoms with Gasteiger partial charge in [-0.1, -0.05) is 13.8 Å². The fraction of sp³-hybridized carbons (Fsp3) is 0.538. The SMILES string of the molecule is CNC(=O)C1CN(C(=O)c2nc(C(C)C)ncc2Br)C1. The van der Waals surface area contributed by atoms with Gasteiger partial charge in [-0.15, -0.1) is 0 Å².